The summed E-state index contributed by atoms with van der Waals surface area (Å²) in [4.78, 5) is 22.3. The van der Waals surface area contributed by atoms with Gasteiger partial charge in [0.1, 0.15) is 11.5 Å². The van der Waals surface area contributed by atoms with Crippen LogP contribution in [0.4, 0.5) is 5.82 Å². The second-order valence-electron chi connectivity index (χ2n) is 6.35. The van der Waals surface area contributed by atoms with Gasteiger partial charge in [-0.1, -0.05) is 0 Å². The van der Waals surface area contributed by atoms with Crippen LogP contribution in [0.25, 0.3) is 0 Å². The lowest BCUT2D eigenvalue weighted by Gasteiger charge is -2.33. The summed E-state index contributed by atoms with van der Waals surface area (Å²) < 4.78 is 24.5. The number of aryl methyl sites for hydroxylation is 1. The van der Waals surface area contributed by atoms with E-state index in [9.17, 15) is 13.2 Å². The molecule has 0 aliphatic carbocycles. The van der Waals surface area contributed by atoms with Gasteiger partial charge in [0.25, 0.3) is 5.91 Å². The number of hydrogen-bond acceptors (Lipinski definition) is 6. The van der Waals surface area contributed by atoms with Crippen LogP contribution in [-0.4, -0.2) is 53.8 Å². The van der Waals surface area contributed by atoms with E-state index in [-0.39, 0.29) is 17.1 Å². The first kappa shape index (κ1) is 18.7. The van der Waals surface area contributed by atoms with E-state index >= 15 is 0 Å². The monoisotopic (exact) mass is 397 g/mol. The van der Waals surface area contributed by atoms with E-state index in [2.05, 4.69) is 15.3 Å². The molecule has 0 atom stereocenters. The highest BCUT2D eigenvalue weighted by molar-refractivity contribution is 7.90. The molecule has 1 saturated heterocycles. The second-order valence-corrected chi connectivity index (χ2v) is 8.59. The summed E-state index contributed by atoms with van der Waals surface area (Å²) in [7, 11) is -3.44. The third kappa shape index (κ3) is 3.99. The Labute approximate surface area is 157 Å². The summed E-state index contributed by atoms with van der Waals surface area (Å²) in [6.07, 6.45) is 3.99. The molecule has 0 unspecified atom stereocenters. The van der Waals surface area contributed by atoms with Crippen LogP contribution < -0.4 is 10.2 Å². The predicted octanol–water partition coefficient (Wildman–Crippen LogP) is 1.39. The third-order valence-corrected chi connectivity index (χ3v) is 5.65. The molecule has 2 aromatic rings. The summed E-state index contributed by atoms with van der Waals surface area (Å²) in [5, 5.41) is 2.82. The molecule has 0 spiro atoms. The molecule has 10 heteroatoms. The molecule has 0 radical (unpaired) electrons. The van der Waals surface area contributed by atoms with Gasteiger partial charge in [-0.05, 0) is 38.0 Å². The van der Waals surface area contributed by atoms with Crippen molar-refractivity contribution in [3.8, 4) is 0 Å². The molecule has 140 valence electrons. The van der Waals surface area contributed by atoms with Crippen LogP contribution in [0.1, 0.15) is 29.0 Å². The molecule has 0 saturated carbocycles. The number of hydrogen-bond donors (Lipinski definition) is 1. The number of halogens is 1. The lowest BCUT2D eigenvalue weighted by Crippen LogP contribution is -2.45. The SMILES string of the molecule is Cc1ccc(C(=O)NC2CCN(c3ccnc(S(C)(=O)=O)n3)CC2)n1Cl. The van der Waals surface area contributed by atoms with E-state index in [1.165, 1.54) is 10.3 Å². The number of aromatic nitrogens is 3. The highest BCUT2D eigenvalue weighted by Gasteiger charge is 2.24. The minimum absolute atomic E-state index is 0.0295. The second kappa shape index (κ2) is 7.24. The molecule has 1 N–H and O–H groups in total. The van der Waals surface area contributed by atoms with Gasteiger partial charge >= 0.3 is 0 Å². The molecule has 0 bridgehead atoms. The van der Waals surface area contributed by atoms with Gasteiger partial charge in [0.05, 0.1) is 0 Å². The largest absolute Gasteiger partial charge is 0.356 e. The van der Waals surface area contributed by atoms with E-state index in [0.29, 0.717) is 24.6 Å². The van der Waals surface area contributed by atoms with Crippen molar-refractivity contribution in [1.29, 1.82) is 0 Å². The standard InChI is InChI=1S/C16H20ClN5O3S/c1-11-3-4-13(22(11)17)15(23)19-12-6-9-21(10-7-12)14-5-8-18-16(20-14)26(2,24)25/h3-5,8,12H,6-7,9-10H2,1-2H3,(H,19,23). The molecule has 3 rings (SSSR count). The first-order chi connectivity index (χ1) is 12.3. The average Bonchev–Trinajstić information content (AvgIpc) is 2.94. The summed E-state index contributed by atoms with van der Waals surface area (Å²) in [5.41, 5.74) is 1.22. The number of anilines is 1. The van der Waals surface area contributed by atoms with Crippen molar-refractivity contribution in [1.82, 2.24) is 19.4 Å². The summed E-state index contributed by atoms with van der Waals surface area (Å²) in [5.74, 6) is 0.378. The third-order valence-electron chi connectivity index (χ3n) is 4.34. The van der Waals surface area contributed by atoms with Gasteiger partial charge in [0.15, 0.2) is 0 Å². The van der Waals surface area contributed by atoms with Crippen molar-refractivity contribution in [3.63, 3.8) is 0 Å². The van der Waals surface area contributed by atoms with Crippen LogP contribution in [0.3, 0.4) is 0 Å². The van der Waals surface area contributed by atoms with Gasteiger partial charge < -0.3 is 10.2 Å². The normalized spacial score (nSPS) is 15.9. The number of amides is 1. The van der Waals surface area contributed by atoms with Gasteiger partial charge in [-0.3, -0.25) is 8.88 Å². The molecule has 1 fully saturated rings. The molecule has 0 aromatic carbocycles. The number of sulfone groups is 1. The van der Waals surface area contributed by atoms with Crippen molar-refractivity contribution < 1.29 is 13.2 Å². The Balaban J connectivity index is 1.61. The maximum absolute atomic E-state index is 12.3. The molecule has 3 heterocycles. The fourth-order valence-electron chi connectivity index (χ4n) is 2.88. The zero-order valence-corrected chi connectivity index (χ0v) is 16.1. The topological polar surface area (TPSA) is 97.2 Å². The maximum Gasteiger partial charge on any atom is 0.269 e. The van der Waals surface area contributed by atoms with Gasteiger partial charge in [0, 0.05) is 49.1 Å². The van der Waals surface area contributed by atoms with E-state index < -0.39 is 9.84 Å². The van der Waals surface area contributed by atoms with Crippen molar-refractivity contribution in [2.45, 2.75) is 31.0 Å². The quantitative estimate of drug-likeness (QED) is 0.783. The molecule has 8 nitrogen and oxygen atoms in total. The first-order valence-electron chi connectivity index (χ1n) is 8.19. The summed E-state index contributed by atoms with van der Waals surface area (Å²) in [6, 6.07) is 5.21. The van der Waals surface area contributed by atoms with Crippen LogP contribution in [-0.2, 0) is 9.84 Å². The van der Waals surface area contributed by atoms with Gasteiger partial charge in [-0.15, -0.1) is 0 Å². The van der Waals surface area contributed by atoms with Crippen LogP contribution in [0.5, 0.6) is 0 Å². The van der Waals surface area contributed by atoms with E-state index in [1.807, 2.05) is 11.8 Å². The van der Waals surface area contributed by atoms with Gasteiger partial charge in [-0.2, -0.15) is 0 Å². The lowest BCUT2D eigenvalue weighted by molar-refractivity contribution is 0.0925. The Bertz CT molecular complexity index is 920. The summed E-state index contributed by atoms with van der Waals surface area (Å²) >= 11 is 6.06. The van der Waals surface area contributed by atoms with Crippen LogP contribution >= 0.6 is 11.8 Å². The number of nitrogens with one attached hydrogen (secondary N) is 1. The predicted molar refractivity (Wildman–Crippen MR) is 98.3 cm³/mol. The Morgan fingerprint density at radius 1 is 1.27 bits per heavy atom. The maximum atomic E-state index is 12.3. The fourth-order valence-corrected chi connectivity index (χ4v) is 3.59. The zero-order valence-electron chi connectivity index (χ0n) is 14.5. The highest BCUT2D eigenvalue weighted by Crippen LogP contribution is 2.19. The highest BCUT2D eigenvalue weighted by atomic mass is 35.5. The minimum atomic E-state index is -3.44. The number of rotatable bonds is 4. The molecule has 2 aromatic heterocycles. The average molecular weight is 398 g/mol. The van der Waals surface area contributed by atoms with E-state index in [4.69, 9.17) is 11.8 Å². The van der Waals surface area contributed by atoms with Gasteiger partial charge in [0.2, 0.25) is 15.0 Å². The van der Waals surface area contributed by atoms with Crippen LogP contribution in [0, 0.1) is 6.92 Å². The Morgan fingerprint density at radius 3 is 2.54 bits per heavy atom. The molecule has 1 aliphatic heterocycles. The van der Waals surface area contributed by atoms with E-state index in [1.54, 1.807) is 18.2 Å². The molecular weight excluding hydrogens is 378 g/mol. The Morgan fingerprint density at radius 2 is 1.96 bits per heavy atom. The molecule has 26 heavy (non-hydrogen) atoms. The van der Waals surface area contributed by atoms with Crippen molar-refractivity contribution >= 4 is 33.3 Å². The summed E-state index contributed by atoms with van der Waals surface area (Å²) in [6.45, 7) is 3.15. The number of nitrogens with zero attached hydrogens (tertiary/aromatic N) is 4. The lowest BCUT2D eigenvalue weighted by atomic mass is 10.0. The first-order valence-corrected chi connectivity index (χ1v) is 10.4. The van der Waals surface area contributed by atoms with Gasteiger partial charge in [-0.25, -0.2) is 18.4 Å². The van der Waals surface area contributed by atoms with Crippen LogP contribution in [0.2, 0.25) is 0 Å². The minimum Gasteiger partial charge on any atom is -0.356 e. The fraction of sp³-hybridized carbons (Fsp3) is 0.438. The molecular formula is C16H20ClN5O3S. The van der Waals surface area contributed by atoms with Crippen molar-refractivity contribution in [2.75, 3.05) is 24.2 Å². The number of carbonyl (C=O) groups excluding carboxylic acids is 1. The smallest absolute Gasteiger partial charge is 0.269 e. The molecule has 1 aliphatic rings. The van der Waals surface area contributed by atoms with Crippen molar-refractivity contribution in [3.05, 3.63) is 35.8 Å². The Kier molecular flexibility index (Phi) is 5.19. The number of piperidine rings is 1. The Hall–Kier alpha value is -2.13. The van der Waals surface area contributed by atoms with Crippen LogP contribution in [0.15, 0.2) is 29.6 Å². The number of carbonyl (C=O) groups is 1. The zero-order chi connectivity index (χ0) is 18.9. The van der Waals surface area contributed by atoms with E-state index in [0.717, 1.165) is 24.8 Å². The van der Waals surface area contributed by atoms with Crippen molar-refractivity contribution in [2.24, 2.45) is 0 Å². The molecule has 1 amide bonds.